The molecule has 11 heteroatoms. The molecular weight excluding hydrogens is 430 g/mol. The lowest BCUT2D eigenvalue weighted by Gasteiger charge is -2.46. The standard InChI is InChI=1S/C17H23FN4O3S.2ClH/c1-12-11-21(16(23)8-19)6-3-7-22(12)26(24,25)15-5-2-4-13-9-20-10-14(18)17(13)15;;/h2,4-5,9-10,12,24-25H,3,6-8,11,19H2,1H3;2*1H/t12-;;/m0../s1. The van der Waals surface area contributed by atoms with Gasteiger partial charge in [0.1, 0.15) is 0 Å². The summed E-state index contributed by atoms with van der Waals surface area (Å²) in [5, 5.41) is 0.665. The maximum absolute atomic E-state index is 14.4. The first kappa shape index (κ1) is 24.8. The number of nitrogens with two attached hydrogens (primary N) is 1. The van der Waals surface area contributed by atoms with Crippen LogP contribution in [0.3, 0.4) is 0 Å². The van der Waals surface area contributed by atoms with E-state index >= 15 is 0 Å². The van der Waals surface area contributed by atoms with Crippen LogP contribution in [0.25, 0.3) is 10.8 Å². The number of hydrogen-bond acceptors (Lipinski definition) is 6. The summed E-state index contributed by atoms with van der Waals surface area (Å²) < 4.78 is 38.1. The van der Waals surface area contributed by atoms with Crippen LogP contribution in [0.4, 0.5) is 4.39 Å². The van der Waals surface area contributed by atoms with Gasteiger partial charge in [0, 0.05) is 42.6 Å². The van der Waals surface area contributed by atoms with Crippen molar-refractivity contribution in [3.05, 3.63) is 36.4 Å². The first-order valence-electron chi connectivity index (χ1n) is 8.41. The Balaban J connectivity index is 0.00000196. The van der Waals surface area contributed by atoms with Crippen LogP contribution in [0.5, 0.6) is 0 Å². The Morgan fingerprint density at radius 3 is 2.71 bits per heavy atom. The summed E-state index contributed by atoms with van der Waals surface area (Å²) >= 11 is 0. The Kier molecular flexibility index (Phi) is 8.89. The van der Waals surface area contributed by atoms with Gasteiger partial charge in [0.05, 0.1) is 17.6 Å². The third kappa shape index (κ3) is 4.68. The van der Waals surface area contributed by atoms with E-state index in [2.05, 4.69) is 4.98 Å². The van der Waals surface area contributed by atoms with Crippen molar-refractivity contribution in [2.45, 2.75) is 24.3 Å². The molecule has 4 N–H and O–H groups in total. The van der Waals surface area contributed by atoms with Gasteiger partial charge in [-0.2, -0.15) is 4.31 Å². The maximum atomic E-state index is 14.4. The molecule has 1 aliphatic rings. The fraction of sp³-hybridized carbons (Fsp3) is 0.412. The number of pyridine rings is 1. The number of nitrogens with zero attached hydrogens (tertiary/aromatic N) is 3. The second kappa shape index (κ2) is 10.0. The molecule has 1 aliphatic heterocycles. The van der Waals surface area contributed by atoms with E-state index in [4.69, 9.17) is 5.73 Å². The van der Waals surface area contributed by atoms with Gasteiger partial charge in [-0.3, -0.25) is 18.9 Å². The van der Waals surface area contributed by atoms with E-state index in [0.29, 0.717) is 31.4 Å². The van der Waals surface area contributed by atoms with Crippen LogP contribution in [0, 0.1) is 5.82 Å². The first-order valence-corrected chi connectivity index (χ1v) is 9.91. The molecule has 0 spiro atoms. The second-order valence-electron chi connectivity index (χ2n) is 6.38. The molecule has 0 radical (unpaired) electrons. The zero-order valence-corrected chi connectivity index (χ0v) is 17.8. The number of hydrogen-bond donors (Lipinski definition) is 3. The highest BCUT2D eigenvalue weighted by Gasteiger charge is 2.34. The van der Waals surface area contributed by atoms with Crippen LogP contribution < -0.4 is 5.73 Å². The largest absolute Gasteiger partial charge is 0.340 e. The molecule has 2 heterocycles. The topological polar surface area (TPSA) is 103 Å². The Hall–Kier alpha value is -1.20. The van der Waals surface area contributed by atoms with Crippen LogP contribution in [-0.2, 0) is 4.79 Å². The minimum absolute atomic E-state index is 0. The van der Waals surface area contributed by atoms with E-state index in [1.165, 1.54) is 12.3 Å². The SMILES string of the molecule is C[C@H]1CN(C(=O)CN)CCCN1S(O)(O)c1cccc2cncc(F)c12.Cl.Cl. The van der Waals surface area contributed by atoms with Crippen molar-refractivity contribution in [1.29, 1.82) is 0 Å². The fourth-order valence-corrected chi connectivity index (χ4v) is 5.34. The predicted molar refractivity (Wildman–Crippen MR) is 114 cm³/mol. The Labute approximate surface area is 177 Å². The van der Waals surface area contributed by atoms with E-state index in [1.807, 2.05) is 6.92 Å². The Morgan fingerprint density at radius 1 is 1.32 bits per heavy atom. The lowest BCUT2D eigenvalue weighted by molar-refractivity contribution is -0.129. The van der Waals surface area contributed by atoms with Crippen molar-refractivity contribution in [2.75, 3.05) is 26.2 Å². The van der Waals surface area contributed by atoms with E-state index < -0.39 is 16.6 Å². The minimum Gasteiger partial charge on any atom is -0.340 e. The van der Waals surface area contributed by atoms with Crippen molar-refractivity contribution >= 4 is 52.3 Å². The van der Waals surface area contributed by atoms with Crippen molar-refractivity contribution in [3.8, 4) is 0 Å². The predicted octanol–water partition coefficient (Wildman–Crippen LogP) is 3.12. The van der Waals surface area contributed by atoms with E-state index in [0.717, 1.165) is 6.20 Å². The second-order valence-corrected chi connectivity index (χ2v) is 8.33. The molecule has 28 heavy (non-hydrogen) atoms. The van der Waals surface area contributed by atoms with Gasteiger partial charge in [-0.25, -0.2) is 4.39 Å². The summed E-state index contributed by atoms with van der Waals surface area (Å²) in [4.78, 5) is 17.5. The van der Waals surface area contributed by atoms with Crippen LogP contribution in [0.15, 0.2) is 35.5 Å². The van der Waals surface area contributed by atoms with E-state index in [-0.39, 0.29) is 53.6 Å². The summed E-state index contributed by atoms with van der Waals surface area (Å²) in [6.45, 7) is 2.95. The highest BCUT2D eigenvalue weighted by atomic mass is 35.5. The highest BCUT2D eigenvalue weighted by molar-refractivity contribution is 8.22. The number of carbonyl (C=O) groups is 1. The molecule has 0 unspecified atom stereocenters. The first-order chi connectivity index (χ1) is 12.4. The van der Waals surface area contributed by atoms with E-state index in [9.17, 15) is 18.3 Å². The number of halogens is 3. The molecule has 1 saturated heterocycles. The Morgan fingerprint density at radius 2 is 2.04 bits per heavy atom. The summed E-state index contributed by atoms with van der Waals surface area (Å²) in [5.41, 5.74) is 5.44. The minimum atomic E-state index is -3.44. The van der Waals surface area contributed by atoms with Gasteiger partial charge >= 0.3 is 0 Å². The van der Waals surface area contributed by atoms with Gasteiger partial charge in [-0.05, 0) is 19.4 Å². The average molecular weight is 455 g/mol. The molecule has 158 valence electrons. The normalized spacial score (nSPS) is 18.8. The molecule has 0 aliphatic carbocycles. The third-order valence-electron chi connectivity index (χ3n) is 4.63. The molecule has 2 aromatic rings. The summed E-state index contributed by atoms with van der Waals surface area (Å²) in [5.74, 6) is -0.766. The zero-order chi connectivity index (χ0) is 18.9. The number of fused-ring (bicyclic) bond motifs is 1. The van der Waals surface area contributed by atoms with Gasteiger partial charge in [0.15, 0.2) is 5.82 Å². The van der Waals surface area contributed by atoms with Gasteiger partial charge in [0.25, 0.3) is 0 Å². The van der Waals surface area contributed by atoms with Crippen LogP contribution in [0.1, 0.15) is 13.3 Å². The zero-order valence-electron chi connectivity index (χ0n) is 15.3. The molecular formula is C17H25Cl2FN4O3S. The number of rotatable bonds is 3. The van der Waals surface area contributed by atoms with Crippen LogP contribution in [-0.4, -0.2) is 61.4 Å². The molecule has 7 nitrogen and oxygen atoms in total. The number of amides is 1. The molecule has 0 saturated carbocycles. The van der Waals surface area contributed by atoms with Crippen molar-refractivity contribution in [2.24, 2.45) is 5.73 Å². The van der Waals surface area contributed by atoms with Crippen LogP contribution >= 0.6 is 35.6 Å². The highest BCUT2D eigenvalue weighted by Crippen LogP contribution is 2.55. The third-order valence-corrected chi connectivity index (χ3v) is 6.76. The molecule has 1 fully saturated rings. The molecule has 1 aromatic carbocycles. The number of benzene rings is 1. The molecule has 0 bridgehead atoms. The van der Waals surface area contributed by atoms with E-state index in [1.54, 1.807) is 21.3 Å². The quantitative estimate of drug-likeness (QED) is 0.657. The fourth-order valence-electron chi connectivity index (χ4n) is 3.39. The van der Waals surface area contributed by atoms with Crippen molar-refractivity contribution < 1.29 is 18.3 Å². The molecule has 3 rings (SSSR count). The van der Waals surface area contributed by atoms with Gasteiger partial charge < -0.3 is 10.6 Å². The number of carbonyl (C=O) groups excluding carboxylic acids is 1. The average Bonchev–Trinajstić information content (AvgIpc) is 2.83. The van der Waals surface area contributed by atoms with Crippen molar-refractivity contribution in [3.63, 3.8) is 0 Å². The monoisotopic (exact) mass is 454 g/mol. The van der Waals surface area contributed by atoms with Gasteiger partial charge in [0.2, 0.25) is 5.91 Å². The summed E-state index contributed by atoms with van der Waals surface area (Å²) in [6.07, 6.45) is 3.13. The Bertz CT molecular complexity index is 825. The molecule has 1 aromatic heterocycles. The van der Waals surface area contributed by atoms with Crippen molar-refractivity contribution in [1.82, 2.24) is 14.2 Å². The maximum Gasteiger partial charge on any atom is 0.236 e. The van der Waals surface area contributed by atoms with Gasteiger partial charge in [-0.1, -0.05) is 12.1 Å². The summed E-state index contributed by atoms with van der Waals surface area (Å²) in [7, 11) is -3.44. The molecule has 1 amide bonds. The summed E-state index contributed by atoms with van der Waals surface area (Å²) in [6, 6.07) is 4.54. The molecule has 1 atom stereocenters. The lowest BCUT2D eigenvalue weighted by atomic mass is 10.2. The number of aromatic nitrogens is 1. The van der Waals surface area contributed by atoms with Crippen LogP contribution in [0.2, 0.25) is 0 Å². The smallest absolute Gasteiger partial charge is 0.236 e. The lowest BCUT2D eigenvalue weighted by Crippen LogP contribution is -2.43. The van der Waals surface area contributed by atoms with Gasteiger partial charge in [-0.15, -0.1) is 35.6 Å².